The average Bonchev–Trinajstić information content (AvgIpc) is 2.92. The van der Waals surface area contributed by atoms with Gasteiger partial charge in [-0.2, -0.15) is 0 Å². The quantitative estimate of drug-likeness (QED) is 0.732. The molecule has 0 unspecified atom stereocenters. The molecule has 2 heterocycles. The topological polar surface area (TPSA) is 42.7 Å². The van der Waals surface area contributed by atoms with Gasteiger partial charge in [0.1, 0.15) is 18.0 Å². The van der Waals surface area contributed by atoms with Crippen molar-refractivity contribution in [3.05, 3.63) is 54.2 Å². The molecule has 21 heavy (non-hydrogen) atoms. The fraction of sp³-hybridized carbons (Fsp3) is 0.250. The zero-order valence-electron chi connectivity index (χ0n) is 11.9. The van der Waals surface area contributed by atoms with E-state index in [1.54, 1.807) is 6.33 Å². The molecule has 3 rings (SSSR count). The molecule has 0 saturated heterocycles. The van der Waals surface area contributed by atoms with Gasteiger partial charge in [0.2, 0.25) is 0 Å². The number of hydrogen-bond donors (Lipinski definition) is 1. The number of hydrogen-bond acceptors (Lipinski definition) is 3. The number of pyridine rings is 1. The summed E-state index contributed by atoms with van der Waals surface area (Å²) in [5.74, 6) is 0.394. The number of fused-ring (bicyclic) bond motifs is 1. The Morgan fingerprint density at radius 3 is 2.95 bits per heavy atom. The molecule has 0 amide bonds. The summed E-state index contributed by atoms with van der Waals surface area (Å²) in [6, 6.07) is 9.36. The number of halogens is 1. The molecular formula is C16H17FN4. The van der Waals surface area contributed by atoms with Crippen LogP contribution in [0.25, 0.3) is 16.9 Å². The monoisotopic (exact) mass is 284 g/mol. The summed E-state index contributed by atoms with van der Waals surface area (Å²) >= 11 is 0. The van der Waals surface area contributed by atoms with Crippen LogP contribution < -0.4 is 5.32 Å². The molecule has 1 aromatic carbocycles. The van der Waals surface area contributed by atoms with Crippen LogP contribution in [-0.4, -0.2) is 21.1 Å². The molecular weight excluding hydrogens is 267 g/mol. The number of rotatable bonds is 5. The standard InChI is InChI=1S/C16H17FN4/c1-2-7-18-9-12-8-13(17)10-19-16(12)21-11-20-14-5-3-4-6-15(14)21/h3-6,8,10-11,18H,2,7,9H2,1H3. The summed E-state index contributed by atoms with van der Waals surface area (Å²) in [6.45, 7) is 3.57. The van der Waals surface area contributed by atoms with E-state index in [2.05, 4.69) is 22.2 Å². The zero-order chi connectivity index (χ0) is 14.7. The highest BCUT2D eigenvalue weighted by Gasteiger charge is 2.11. The van der Waals surface area contributed by atoms with Crippen LogP contribution in [0, 0.1) is 5.82 Å². The molecule has 0 aliphatic heterocycles. The summed E-state index contributed by atoms with van der Waals surface area (Å²) in [5.41, 5.74) is 2.69. The molecule has 0 atom stereocenters. The number of imidazole rings is 1. The van der Waals surface area contributed by atoms with Crippen LogP contribution in [0.4, 0.5) is 4.39 Å². The third kappa shape index (κ3) is 2.78. The minimum Gasteiger partial charge on any atom is -0.313 e. The predicted molar refractivity (Wildman–Crippen MR) is 80.8 cm³/mol. The molecule has 4 nitrogen and oxygen atoms in total. The van der Waals surface area contributed by atoms with Gasteiger partial charge < -0.3 is 5.32 Å². The highest BCUT2D eigenvalue weighted by molar-refractivity contribution is 5.77. The Balaban J connectivity index is 2.04. The fourth-order valence-electron chi connectivity index (χ4n) is 2.35. The van der Waals surface area contributed by atoms with Crippen LogP contribution in [-0.2, 0) is 6.54 Å². The minimum atomic E-state index is -0.323. The molecule has 0 fully saturated rings. The largest absolute Gasteiger partial charge is 0.313 e. The third-order valence-corrected chi connectivity index (χ3v) is 3.33. The summed E-state index contributed by atoms with van der Waals surface area (Å²) in [6.07, 6.45) is 4.01. The number of nitrogens with zero attached hydrogens (tertiary/aromatic N) is 3. The van der Waals surface area contributed by atoms with E-state index in [4.69, 9.17) is 0 Å². The van der Waals surface area contributed by atoms with Gasteiger partial charge in [0.15, 0.2) is 0 Å². The number of para-hydroxylation sites is 2. The number of nitrogens with one attached hydrogen (secondary N) is 1. The summed E-state index contributed by atoms with van der Waals surface area (Å²) < 4.78 is 15.4. The second kappa shape index (κ2) is 6.01. The maximum Gasteiger partial charge on any atom is 0.143 e. The third-order valence-electron chi connectivity index (χ3n) is 3.33. The molecule has 0 bridgehead atoms. The Morgan fingerprint density at radius 2 is 2.10 bits per heavy atom. The molecule has 1 N–H and O–H groups in total. The average molecular weight is 284 g/mol. The maximum atomic E-state index is 13.5. The smallest absolute Gasteiger partial charge is 0.143 e. The highest BCUT2D eigenvalue weighted by atomic mass is 19.1. The van der Waals surface area contributed by atoms with Crippen molar-refractivity contribution in [2.24, 2.45) is 0 Å². The maximum absolute atomic E-state index is 13.5. The second-order valence-corrected chi connectivity index (χ2v) is 4.92. The van der Waals surface area contributed by atoms with Crippen LogP contribution in [0.5, 0.6) is 0 Å². The molecule has 0 saturated carbocycles. The van der Waals surface area contributed by atoms with Crippen LogP contribution in [0.2, 0.25) is 0 Å². The van der Waals surface area contributed by atoms with E-state index in [9.17, 15) is 4.39 Å². The molecule has 0 aliphatic rings. The number of benzene rings is 1. The van der Waals surface area contributed by atoms with Crippen molar-refractivity contribution in [1.29, 1.82) is 0 Å². The van der Waals surface area contributed by atoms with Gasteiger partial charge in [-0.25, -0.2) is 14.4 Å². The van der Waals surface area contributed by atoms with Gasteiger partial charge in [0, 0.05) is 12.1 Å². The van der Waals surface area contributed by atoms with E-state index in [1.165, 1.54) is 12.3 Å². The molecule has 0 aliphatic carbocycles. The van der Waals surface area contributed by atoms with E-state index in [-0.39, 0.29) is 5.82 Å². The lowest BCUT2D eigenvalue weighted by Gasteiger charge is -2.11. The van der Waals surface area contributed by atoms with Gasteiger partial charge in [-0.1, -0.05) is 19.1 Å². The first-order chi connectivity index (χ1) is 10.3. The molecule has 0 radical (unpaired) electrons. The van der Waals surface area contributed by atoms with E-state index in [0.29, 0.717) is 12.4 Å². The molecule has 108 valence electrons. The van der Waals surface area contributed by atoms with Crippen molar-refractivity contribution in [3.63, 3.8) is 0 Å². The van der Waals surface area contributed by atoms with Crippen LogP contribution >= 0.6 is 0 Å². The van der Waals surface area contributed by atoms with E-state index < -0.39 is 0 Å². The summed E-state index contributed by atoms with van der Waals surface area (Å²) in [7, 11) is 0. The van der Waals surface area contributed by atoms with Crippen LogP contribution in [0.3, 0.4) is 0 Å². The first kappa shape index (κ1) is 13.7. The molecule has 0 spiro atoms. The minimum absolute atomic E-state index is 0.323. The Labute approximate surface area is 122 Å². The Bertz CT molecular complexity index is 751. The first-order valence-corrected chi connectivity index (χ1v) is 7.07. The van der Waals surface area contributed by atoms with Crippen molar-refractivity contribution in [2.75, 3.05) is 6.54 Å². The van der Waals surface area contributed by atoms with Crippen molar-refractivity contribution >= 4 is 11.0 Å². The highest BCUT2D eigenvalue weighted by Crippen LogP contribution is 2.19. The van der Waals surface area contributed by atoms with E-state index in [0.717, 1.165) is 29.6 Å². The van der Waals surface area contributed by atoms with Crippen molar-refractivity contribution < 1.29 is 4.39 Å². The normalized spacial score (nSPS) is 11.1. The summed E-state index contributed by atoms with van der Waals surface area (Å²) in [5, 5.41) is 3.29. The molecule has 5 heteroatoms. The lowest BCUT2D eigenvalue weighted by molar-refractivity contribution is 0.609. The lowest BCUT2D eigenvalue weighted by Crippen LogP contribution is -2.16. The van der Waals surface area contributed by atoms with Gasteiger partial charge in [0.05, 0.1) is 17.2 Å². The first-order valence-electron chi connectivity index (χ1n) is 7.07. The van der Waals surface area contributed by atoms with Gasteiger partial charge in [-0.05, 0) is 31.2 Å². The van der Waals surface area contributed by atoms with Crippen molar-refractivity contribution in [3.8, 4) is 5.82 Å². The second-order valence-electron chi connectivity index (χ2n) is 4.92. The van der Waals surface area contributed by atoms with Gasteiger partial charge in [-0.15, -0.1) is 0 Å². The van der Waals surface area contributed by atoms with Crippen molar-refractivity contribution in [1.82, 2.24) is 19.9 Å². The van der Waals surface area contributed by atoms with Crippen LogP contribution in [0.15, 0.2) is 42.9 Å². The molecule has 2 aromatic heterocycles. The van der Waals surface area contributed by atoms with E-state index >= 15 is 0 Å². The van der Waals surface area contributed by atoms with Gasteiger partial charge in [0.25, 0.3) is 0 Å². The van der Waals surface area contributed by atoms with E-state index in [1.807, 2.05) is 28.8 Å². The molecule has 3 aromatic rings. The summed E-state index contributed by atoms with van der Waals surface area (Å²) in [4.78, 5) is 8.62. The Kier molecular flexibility index (Phi) is 3.92. The predicted octanol–water partition coefficient (Wildman–Crippen LogP) is 3.06. The Morgan fingerprint density at radius 1 is 1.24 bits per heavy atom. The van der Waals surface area contributed by atoms with Crippen LogP contribution in [0.1, 0.15) is 18.9 Å². The lowest BCUT2D eigenvalue weighted by atomic mass is 10.2. The van der Waals surface area contributed by atoms with Gasteiger partial charge >= 0.3 is 0 Å². The SMILES string of the molecule is CCCNCc1cc(F)cnc1-n1cnc2ccccc21. The van der Waals surface area contributed by atoms with Gasteiger partial charge in [-0.3, -0.25) is 4.57 Å². The Hall–Kier alpha value is -2.27. The fourth-order valence-corrected chi connectivity index (χ4v) is 2.35. The van der Waals surface area contributed by atoms with Crippen molar-refractivity contribution in [2.45, 2.75) is 19.9 Å². The zero-order valence-corrected chi connectivity index (χ0v) is 11.9. The number of aromatic nitrogens is 3.